The third-order valence-electron chi connectivity index (χ3n) is 13.5. The summed E-state index contributed by atoms with van der Waals surface area (Å²) < 4.78 is 50.9. The number of carbonyl (C=O) groups is 6. The second kappa shape index (κ2) is 25.6. The van der Waals surface area contributed by atoms with Crippen LogP contribution in [0, 0.1) is 29.5 Å². The van der Waals surface area contributed by atoms with E-state index >= 15 is 4.39 Å². The minimum Gasteiger partial charge on any atom is -0.466 e. The van der Waals surface area contributed by atoms with Crippen LogP contribution in [0.2, 0.25) is 0 Å². The summed E-state index contributed by atoms with van der Waals surface area (Å²) in [4.78, 5) is 80.5. The first-order chi connectivity index (χ1) is 33.4. The number of amidine groups is 1. The standard InChI is InChI=1S/C50H62FN3O12S3/c1-3-26-64-48(60)37-7-4-8-38-44(37)68-49(52-38)53-50(67)69-45-40(66-47(59)34-15-19-36(20-16-34)63-29-6-28-61-30(2)55)22-21-39(43(45)51)65-46(58)33-11-9-31(10-12-33)32-13-17-35(18-14-32)62-27-5-25-54-41(56)23-24-42(54)57/h4,7-8,21-24,31-36,38,44H,3,5-6,9-20,25-29H2,1-2H3,(H,52,53,67). The number of hydrogen-bond donors (Lipinski definition) is 1. The van der Waals surface area contributed by atoms with Crippen LogP contribution < -0.4 is 14.8 Å². The largest absolute Gasteiger partial charge is 0.466 e. The second-order valence-corrected chi connectivity index (χ2v) is 21.1. The Labute approximate surface area is 416 Å². The molecular weight excluding hydrogens is 950 g/mol. The number of carbonyl (C=O) groups excluding carboxylic acids is 6. The fourth-order valence-corrected chi connectivity index (χ4v) is 12.1. The predicted molar refractivity (Wildman–Crippen MR) is 261 cm³/mol. The van der Waals surface area contributed by atoms with Crippen LogP contribution in [0.5, 0.6) is 11.5 Å². The Hall–Kier alpha value is -4.43. The van der Waals surface area contributed by atoms with Crippen molar-refractivity contribution in [1.82, 2.24) is 10.2 Å². The van der Waals surface area contributed by atoms with Crippen LogP contribution >= 0.6 is 35.7 Å². The number of rotatable bonds is 19. The van der Waals surface area contributed by atoms with E-state index in [2.05, 4.69) is 5.32 Å². The normalized spacial score (nSPS) is 26.4. The zero-order valence-electron chi connectivity index (χ0n) is 39.2. The van der Waals surface area contributed by atoms with Crippen molar-refractivity contribution in [2.45, 2.75) is 139 Å². The van der Waals surface area contributed by atoms with Gasteiger partial charge < -0.3 is 33.7 Å². The number of hydrogen-bond acceptors (Lipinski definition) is 16. The highest BCUT2D eigenvalue weighted by molar-refractivity contribution is 8.23. The highest BCUT2D eigenvalue weighted by atomic mass is 32.2. The average Bonchev–Trinajstić information content (AvgIpc) is 3.91. The van der Waals surface area contributed by atoms with Crippen LogP contribution in [0.1, 0.15) is 110 Å². The summed E-state index contributed by atoms with van der Waals surface area (Å²) in [6.07, 6.45) is 19.1. The molecule has 0 radical (unpaired) electrons. The molecule has 2 aliphatic heterocycles. The number of thioether (sulfide) groups is 2. The molecule has 6 aliphatic rings. The smallest absolute Gasteiger partial charge is 0.335 e. The third-order valence-corrected chi connectivity index (χ3v) is 15.9. The van der Waals surface area contributed by atoms with E-state index in [-0.39, 0.29) is 68.6 Å². The van der Waals surface area contributed by atoms with Gasteiger partial charge in [0, 0.05) is 38.6 Å². The molecule has 2 amide bonds. The molecule has 69 heavy (non-hydrogen) atoms. The Balaban J connectivity index is 0.928. The van der Waals surface area contributed by atoms with Crippen molar-refractivity contribution in [3.8, 4) is 11.5 Å². The summed E-state index contributed by atoms with van der Waals surface area (Å²) >= 11 is 7.83. The Morgan fingerprint density at radius 2 is 1.38 bits per heavy atom. The lowest BCUT2D eigenvalue weighted by Gasteiger charge is -2.37. The molecule has 1 aromatic rings. The molecule has 0 aromatic heterocycles. The number of nitrogens with zero attached hydrogens (tertiary/aromatic N) is 2. The number of imide groups is 1. The minimum absolute atomic E-state index is 0.0444. The molecule has 2 unspecified atom stereocenters. The number of benzene rings is 1. The van der Waals surface area contributed by atoms with Crippen molar-refractivity contribution in [2.24, 2.45) is 28.7 Å². The van der Waals surface area contributed by atoms with Crippen molar-refractivity contribution >= 4 is 80.9 Å². The number of thiocarbonyl (C=S) groups is 1. The van der Waals surface area contributed by atoms with Gasteiger partial charge in [-0.15, -0.1) is 0 Å². The first kappa shape index (κ1) is 52.4. The quantitative estimate of drug-likeness (QED) is 0.0350. The highest BCUT2D eigenvalue weighted by Gasteiger charge is 2.38. The zero-order valence-corrected chi connectivity index (χ0v) is 41.6. The minimum atomic E-state index is -0.891. The number of amides is 2. The Morgan fingerprint density at radius 1 is 0.797 bits per heavy atom. The summed E-state index contributed by atoms with van der Waals surface area (Å²) in [6.45, 7) is 5.13. The summed E-state index contributed by atoms with van der Waals surface area (Å²) in [5.41, 5.74) is 0.483. The molecule has 1 N–H and O–H groups in total. The number of fused-ring (bicyclic) bond motifs is 1. The van der Waals surface area contributed by atoms with Crippen molar-refractivity contribution < 1.29 is 61.6 Å². The molecule has 2 atom stereocenters. The fraction of sp³-hybridized carbons (Fsp3) is 0.600. The fourth-order valence-electron chi connectivity index (χ4n) is 9.74. The number of nitrogens with one attached hydrogen (secondary N) is 1. The maximum Gasteiger partial charge on any atom is 0.335 e. The lowest BCUT2D eigenvalue weighted by atomic mass is 9.70. The summed E-state index contributed by atoms with van der Waals surface area (Å²) in [5, 5.41) is 3.16. The molecule has 3 saturated carbocycles. The summed E-state index contributed by atoms with van der Waals surface area (Å²) in [5.74, 6) is -3.44. The lowest BCUT2D eigenvalue weighted by molar-refractivity contribution is -0.142. The number of ether oxygens (including phenoxy) is 6. The zero-order chi connectivity index (χ0) is 48.9. The van der Waals surface area contributed by atoms with Crippen LogP contribution in [0.4, 0.5) is 4.39 Å². The molecule has 15 nitrogen and oxygen atoms in total. The Morgan fingerprint density at radius 3 is 2.01 bits per heavy atom. The summed E-state index contributed by atoms with van der Waals surface area (Å²) in [6, 6.07) is 2.40. The molecule has 2 heterocycles. The molecule has 4 aliphatic carbocycles. The van der Waals surface area contributed by atoms with Gasteiger partial charge in [-0.2, -0.15) is 0 Å². The van der Waals surface area contributed by atoms with Gasteiger partial charge in [0.2, 0.25) is 0 Å². The van der Waals surface area contributed by atoms with Crippen LogP contribution in [-0.2, 0) is 47.7 Å². The third kappa shape index (κ3) is 14.6. The van der Waals surface area contributed by atoms with Crippen LogP contribution in [0.25, 0.3) is 0 Å². The van der Waals surface area contributed by atoms with Crippen molar-refractivity contribution in [1.29, 1.82) is 0 Å². The predicted octanol–water partition coefficient (Wildman–Crippen LogP) is 8.12. The highest BCUT2D eigenvalue weighted by Crippen LogP contribution is 2.43. The first-order valence-electron chi connectivity index (χ1n) is 24.3. The van der Waals surface area contributed by atoms with E-state index in [9.17, 15) is 28.8 Å². The van der Waals surface area contributed by atoms with E-state index in [4.69, 9.17) is 45.6 Å². The molecule has 374 valence electrons. The van der Waals surface area contributed by atoms with Crippen molar-refractivity contribution in [2.75, 3.05) is 33.0 Å². The van der Waals surface area contributed by atoms with Gasteiger partial charge in [-0.25, -0.2) is 9.18 Å². The van der Waals surface area contributed by atoms with Gasteiger partial charge in [0.25, 0.3) is 11.8 Å². The number of esters is 4. The molecule has 3 fully saturated rings. The maximum absolute atomic E-state index is 16.7. The van der Waals surface area contributed by atoms with E-state index in [1.807, 2.05) is 13.0 Å². The Kier molecular flexibility index (Phi) is 19.5. The lowest BCUT2D eigenvalue weighted by Crippen LogP contribution is -2.33. The van der Waals surface area contributed by atoms with E-state index in [1.54, 1.807) is 12.2 Å². The van der Waals surface area contributed by atoms with E-state index in [0.29, 0.717) is 107 Å². The van der Waals surface area contributed by atoms with Gasteiger partial charge in [0.15, 0.2) is 16.7 Å². The Bertz CT molecular complexity index is 2180. The van der Waals surface area contributed by atoms with Crippen LogP contribution in [0.3, 0.4) is 0 Å². The SMILES string of the molecule is CCCOC(=O)C1=CC=CC2N=C(NC(=S)Sc3c(OC(=O)C4CCC(OCCCOC(C)=O)CC4)ccc(OC(=O)C4CCC(C5CCC(OCCCN6C(=O)C=CC6=O)CC5)CC4)c3F)SC12. The second-order valence-electron chi connectivity index (χ2n) is 18.2. The van der Waals surface area contributed by atoms with Gasteiger partial charge in [0.05, 0.1) is 65.6 Å². The van der Waals surface area contributed by atoms with Crippen LogP contribution in [0.15, 0.2) is 58.0 Å². The summed E-state index contributed by atoms with van der Waals surface area (Å²) in [7, 11) is 0. The monoisotopic (exact) mass is 1010 g/mol. The van der Waals surface area contributed by atoms with Crippen LogP contribution in [-0.4, -0.2) is 107 Å². The number of halogens is 1. The van der Waals surface area contributed by atoms with Gasteiger partial charge in [0.1, 0.15) is 10.1 Å². The molecule has 0 bridgehead atoms. The topological polar surface area (TPSA) is 185 Å². The van der Waals surface area contributed by atoms with Gasteiger partial charge in [-0.05, 0) is 114 Å². The van der Waals surface area contributed by atoms with E-state index < -0.39 is 35.6 Å². The molecule has 1 aromatic carbocycles. The molecular formula is C50H62FN3O12S3. The molecule has 7 rings (SSSR count). The van der Waals surface area contributed by atoms with E-state index in [1.165, 1.54) is 47.9 Å². The molecule has 0 saturated heterocycles. The number of allylic oxidation sites excluding steroid dienone is 2. The number of aliphatic imine (C=N–C) groups is 1. The average molecular weight is 1010 g/mol. The molecule has 19 heteroatoms. The van der Waals surface area contributed by atoms with Gasteiger partial charge in [-0.1, -0.05) is 60.9 Å². The van der Waals surface area contributed by atoms with Crippen molar-refractivity contribution in [3.63, 3.8) is 0 Å². The molecule has 0 spiro atoms. The first-order valence-corrected chi connectivity index (χ1v) is 26.4. The van der Waals surface area contributed by atoms with Gasteiger partial charge in [-0.3, -0.25) is 33.9 Å². The maximum atomic E-state index is 16.7. The van der Waals surface area contributed by atoms with Crippen molar-refractivity contribution in [3.05, 3.63) is 53.9 Å². The van der Waals surface area contributed by atoms with Gasteiger partial charge >= 0.3 is 23.9 Å². The van der Waals surface area contributed by atoms with E-state index in [0.717, 1.165) is 50.3 Å².